The van der Waals surface area contributed by atoms with Crippen molar-refractivity contribution in [2.24, 2.45) is 28.6 Å². The van der Waals surface area contributed by atoms with Crippen LogP contribution in [0, 0.1) is 28.6 Å². The standard InChI is InChI=1S/C33H41NO9/c1-31-11-9-21(35)14-20(31)4-5-22-23-10-12-33(40,32(23,2)15-24(36)30(22)31)27(37)17-41-29(39)8-7-28(38)34-16-19-3-6-25-26(13-19)43-18-42-25/h3,6,13-14,22-24,30,36,40H,4-5,7-12,15-18H2,1-2H3,(H,34,38). The molecule has 1 aliphatic heterocycles. The van der Waals surface area contributed by atoms with E-state index >= 15 is 0 Å². The van der Waals surface area contributed by atoms with Gasteiger partial charge in [0.1, 0.15) is 5.60 Å². The molecular formula is C33H41NO9. The molecule has 0 spiro atoms. The Balaban J connectivity index is 1.02. The molecule has 0 aromatic heterocycles. The van der Waals surface area contributed by atoms with Gasteiger partial charge in [-0.2, -0.15) is 0 Å². The fraction of sp³-hybridized carbons (Fsp3) is 0.636. The Morgan fingerprint density at radius 2 is 1.86 bits per heavy atom. The van der Waals surface area contributed by atoms with E-state index in [1.165, 1.54) is 0 Å². The van der Waals surface area contributed by atoms with E-state index in [0.29, 0.717) is 24.3 Å². The van der Waals surface area contributed by atoms with Crippen molar-refractivity contribution in [1.29, 1.82) is 0 Å². The molecule has 3 saturated carbocycles. The third kappa shape index (κ3) is 5.06. The maximum absolute atomic E-state index is 13.4. The maximum atomic E-state index is 13.4. The first-order valence-corrected chi connectivity index (χ1v) is 15.4. The molecule has 3 N–H and O–H groups in total. The van der Waals surface area contributed by atoms with Gasteiger partial charge in [-0.1, -0.05) is 25.5 Å². The van der Waals surface area contributed by atoms with Gasteiger partial charge in [0.15, 0.2) is 23.9 Å². The largest absolute Gasteiger partial charge is 0.458 e. The lowest BCUT2D eigenvalue weighted by Crippen LogP contribution is -2.62. The highest BCUT2D eigenvalue weighted by molar-refractivity contribution is 5.92. The van der Waals surface area contributed by atoms with Crippen LogP contribution in [0.5, 0.6) is 11.5 Å². The average Bonchev–Trinajstić information content (AvgIpc) is 3.55. The zero-order valence-electron chi connectivity index (χ0n) is 24.9. The molecule has 1 heterocycles. The van der Waals surface area contributed by atoms with E-state index in [9.17, 15) is 29.4 Å². The molecule has 0 saturated heterocycles. The van der Waals surface area contributed by atoms with Crippen molar-refractivity contribution in [2.45, 2.75) is 89.9 Å². The maximum Gasteiger partial charge on any atom is 0.306 e. The van der Waals surface area contributed by atoms with Crippen LogP contribution in [0.3, 0.4) is 0 Å². The SMILES string of the molecule is CC12CCC(=O)C=C1CCC1C2C(O)CC2(C)C1CCC2(O)C(=O)COC(=O)CCC(=O)NCc1ccc2c(c1)OCO2. The van der Waals surface area contributed by atoms with Gasteiger partial charge in [-0.3, -0.25) is 19.2 Å². The van der Waals surface area contributed by atoms with E-state index < -0.39 is 35.5 Å². The molecule has 5 aliphatic rings. The molecular weight excluding hydrogens is 554 g/mol. The molecule has 1 aromatic rings. The molecule has 43 heavy (non-hydrogen) atoms. The highest BCUT2D eigenvalue weighted by Crippen LogP contribution is 2.67. The summed E-state index contributed by atoms with van der Waals surface area (Å²) in [6, 6.07) is 5.38. The summed E-state index contributed by atoms with van der Waals surface area (Å²) in [6.45, 7) is 3.91. The van der Waals surface area contributed by atoms with Crippen molar-refractivity contribution in [3.05, 3.63) is 35.4 Å². The number of ether oxygens (including phenoxy) is 3. The number of esters is 1. The lowest BCUT2D eigenvalue weighted by Gasteiger charge is -2.60. The second-order valence-electron chi connectivity index (χ2n) is 13.5. The van der Waals surface area contributed by atoms with Crippen LogP contribution in [0.4, 0.5) is 0 Å². The summed E-state index contributed by atoms with van der Waals surface area (Å²) in [5, 5.41) is 26.1. The van der Waals surface area contributed by atoms with Crippen LogP contribution in [-0.2, 0) is 30.5 Å². The lowest BCUT2D eigenvalue weighted by molar-refractivity contribution is -0.184. The number of ketones is 2. The summed E-state index contributed by atoms with van der Waals surface area (Å²) >= 11 is 0. The van der Waals surface area contributed by atoms with E-state index in [-0.39, 0.29) is 73.9 Å². The molecule has 4 aliphatic carbocycles. The molecule has 232 valence electrons. The fourth-order valence-corrected chi connectivity index (χ4v) is 9.04. The molecule has 7 unspecified atom stereocenters. The average molecular weight is 596 g/mol. The van der Waals surface area contributed by atoms with Gasteiger partial charge in [0, 0.05) is 24.8 Å². The van der Waals surface area contributed by atoms with Crippen LogP contribution in [-0.4, -0.2) is 58.8 Å². The Morgan fingerprint density at radius 3 is 2.67 bits per heavy atom. The number of hydrogen-bond donors (Lipinski definition) is 3. The number of allylic oxidation sites excluding steroid dienone is 1. The zero-order valence-corrected chi connectivity index (χ0v) is 24.9. The van der Waals surface area contributed by atoms with Gasteiger partial charge >= 0.3 is 5.97 Å². The van der Waals surface area contributed by atoms with E-state index in [1.807, 2.05) is 13.0 Å². The number of benzene rings is 1. The van der Waals surface area contributed by atoms with Gasteiger partial charge in [-0.05, 0) is 85.5 Å². The number of hydrogen-bond acceptors (Lipinski definition) is 9. The van der Waals surface area contributed by atoms with Crippen molar-refractivity contribution in [3.63, 3.8) is 0 Å². The number of fused-ring (bicyclic) bond motifs is 6. The summed E-state index contributed by atoms with van der Waals surface area (Å²) in [5.41, 5.74) is -0.867. The van der Waals surface area contributed by atoms with Gasteiger partial charge in [0.05, 0.1) is 12.5 Å². The van der Waals surface area contributed by atoms with E-state index in [2.05, 4.69) is 12.2 Å². The zero-order chi connectivity index (χ0) is 30.6. The first-order chi connectivity index (χ1) is 20.4. The number of Topliss-reactive ketones (excluding diaryl/α,β-unsaturated/α-hetero) is 1. The Morgan fingerprint density at radius 1 is 1.07 bits per heavy atom. The number of rotatable bonds is 8. The third-order valence-corrected chi connectivity index (χ3v) is 11.4. The summed E-state index contributed by atoms with van der Waals surface area (Å²) in [7, 11) is 0. The Bertz CT molecular complexity index is 1370. The highest BCUT2D eigenvalue weighted by atomic mass is 16.7. The van der Waals surface area contributed by atoms with Crippen molar-refractivity contribution in [3.8, 4) is 11.5 Å². The van der Waals surface area contributed by atoms with E-state index in [1.54, 1.807) is 18.2 Å². The second kappa shape index (κ2) is 11.0. The van der Waals surface area contributed by atoms with Gasteiger partial charge < -0.3 is 29.7 Å². The van der Waals surface area contributed by atoms with Gasteiger partial charge in [0.25, 0.3) is 0 Å². The monoisotopic (exact) mass is 595 g/mol. The molecule has 10 nitrogen and oxygen atoms in total. The Kier molecular flexibility index (Phi) is 7.65. The highest BCUT2D eigenvalue weighted by Gasteiger charge is 2.68. The van der Waals surface area contributed by atoms with Crippen LogP contribution in [0.1, 0.15) is 77.2 Å². The lowest BCUT2D eigenvalue weighted by atomic mass is 9.45. The Labute approximate surface area is 251 Å². The summed E-state index contributed by atoms with van der Waals surface area (Å²) in [6.07, 6.45) is 4.74. The number of carbonyl (C=O) groups is 4. The minimum absolute atomic E-state index is 0.0230. The van der Waals surface area contributed by atoms with Crippen molar-refractivity contribution in [2.75, 3.05) is 13.4 Å². The first-order valence-electron chi connectivity index (χ1n) is 15.4. The molecule has 1 aromatic carbocycles. The summed E-state index contributed by atoms with van der Waals surface area (Å²) in [5.74, 6) is -0.0193. The molecule has 0 bridgehead atoms. The number of nitrogens with one attached hydrogen (secondary N) is 1. The van der Waals surface area contributed by atoms with E-state index in [4.69, 9.17) is 14.2 Å². The third-order valence-electron chi connectivity index (χ3n) is 11.4. The molecule has 10 heteroatoms. The molecule has 7 atom stereocenters. The smallest absolute Gasteiger partial charge is 0.306 e. The molecule has 1 amide bonds. The molecule has 0 radical (unpaired) electrons. The van der Waals surface area contributed by atoms with Gasteiger partial charge in [-0.25, -0.2) is 0 Å². The second-order valence-corrected chi connectivity index (χ2v) is 13.5. The predicted molar refractivity (Wildman–Crippen MR) is 153 cm³/mol. The Hall–Kier alpha value is -3.24. The number of aliphatic hydroxyl groups is 2. The van der Waals surface area contributed by atoms with Crippen LogP contribution in [0.2, 0.25) is 0 Å². The van der Waals surface area contributed by atoms with Crippen molar-refractivity contribution >= 4 is 23.4 Å². The molecule has 3 fully saturated rings. The van der Waals surface area contributed by atoms with Gasteiger partial charge in [0.2, 0.25) is 18.5 Å². The fourth-order valence-electron chi connectivity index (χ4n) is 9.04. The summed E-state index contributed by atoms with van der Waals surface area (Å²) < 4.78 is 15.9. The van der Waals surface area contributed by atoms with E-state index in [0.717, 1.165) is 30.4 Å². The number of aliphatic hydroxyl groups excluding tert-OH is 1. The van der Waals surface area contributed by atoms with Crippen LogP contribution >= 0.6 is 0 Å². The first kappa shape index (κ1) is 29.8. The normalized spacial score (nSPS) is 35.7. The summed E-state index contributed by atoms with van der Waals surface area (Å²) in [4.78, 5) is 50.3. The van der Waals surface area contributed by atoms with Crippen LogP contribution in [0.15, 0.2) is 29.8 Å². The topological polar surface area (TPSA) is 148 Å². The molecule has 6 rings (SSSR count). The minimum Gasteiger partial charge on any atom is -0.458 e. The van der Waals surface area contributed by atoms with Crippen molar-refractivity contribution < 1.29 is 43.6 Å². The van der Waals surface area contributed by atoms with Crippen LogP contribution < -0.4 is 14.8 Å². The van der Waals surface area contributed by atoms with Crippen LogP contribution in [0.25, 0.3) is 0 Å². The number of amides is 1. The predicted octanol–water partition coefficient (Wildman–Crippen LogP) is 3.16. The minimum atomic E-state index is -1.72. The number of carbonyl (C=O) groups excluding carboxylic acids is 4. The van der Waals surface area contributed by atoms with Crippen molar-refractivity contribution in [1.82, 2.24) is 5.32 Å². The quantitative estimate of drug-likeness (QED) is 0.386. The van der Waals surface area contributed by atoms with Gasteiger partial charge in [-0.15, -0.1) is 0 Å².